The summed E-state index contributed by atoms with van der Waals surface area (Å²) in [6.45, 7) is 0. The fraction of sp³-hybridized carbons (Fsp3) is 0.133. The van der Waals surface area contributed by atoms with Crippen molar-refractivity contribution in [3.8, 4) is 11.1 Å². The molecule has 0 unspecified atom stereocenters. The van der Waals surface area contributed by atoms with Crippen molar-refractivity contribution in [2.75, 3.05) is 16.7 Å². The number of fused-ring (bicyclic) bond motifs is 3. The summed E-state index contributed by atoms with van der Waals surface area (Å²) in [6.07, 6.45) is 0.856. The molecule has 2 amide bonds. The van der Waals surface area contributed by atoms with Crippen molar-refractivity contribution in [2.24, 2.45) is 5.73 Å². The van der Waals surface area contributed by atoms with Crippen molar-refractivity contribution in [1.82, 2.24) is 0 Å². The number of benzene rings is 2. The summed E-state index contributed by atoms with van der Waals surface area (Å²) >= 11 is 4.10. The quantitative estimate of drug-likeness (QED) is 0.634. The Kier molecular flexibility index (Phi) is 3.06. The Labute approximate surface area is 123 Å². The summed E-state index contributed by atoms with van der Waals surface area (Å²) in [5.74, 6) is 0. The van der Waals surface area contributed by atoms with Crippen LogP contribution in [0.2, 0.25) is 0 Å². The van der Waals surface area contributed by atoms with Gasteiger partial charge in [-0.3, -0.25) is 0 Å². The van der Waals surface area contributed by atoms with E-state index in [0.29, 0.717) is 5.69 Å². The van der Waals surface area contributed by atoms with Gasteiger partial charge in [0.2, 0.25) is 0 Å². The van der Waals surface area contributed by atoms with Crippen molar-refractivity contribution < 1.29 is 4.79 Å². The Bertz CT molecular complexity index is 700. The number of amides is 2. The lowest BCUT2D eigenvalue weighted by molar-refractivity contribution is 0.257. The third-order valence-corrected chi connectivity index (χ3v) is 4.04. The monoisotopic (exact) mass is 285 g/mol. The van der Waals surface area contributed by atoms with E-state index in [4.69, 9.17) is 5.73 Å². The van der Waals surface area contributed by atoms with Gasteiger partial charge in [-0.05, 0) is 52.9 Å². The first kappa shape index (κ1) is 12.9. The van der Waals surface area contributed by atoms with E-state index in [0.717, 1.165) is 16.4 Å². The van der Waals surface area contributed by atoms with Crippen LogP contribution in [-0.2, 0) is 6.42 Å². The first-order valence-electron chi connectivity index (χ1n) is 6.32. The van der Waals surface area contributed by atoms with E-state index < -0.39 is 6.03 Å². The molecule has 0 bridgehead atoms. The maximum absolute atomic E-state index is 11.2. The molecule has 0 saturated carbocycles. The van der Waals surface area contributed by atoms with Gasteiger partial charge in [-0.25, -0.2) is 9.10 Å². The topological polar surface area (TPSA) is 58.4 Å². The minimum absolute atomic E-state index is 0.582. The standard InChI is InChI=1S/C15H15N3OS/c1-17-11-2-4-13-9(7-11)6-10-8-12(3-5-14(10)13)18(20)15(16)19/h2-5,7-8,17,20H,6H2,1H3,(H2,16,19). The second kappa shape index (κ2) is 4.76. The summed E-state index contributed by atoms with van der Waals surface area (Å²) in [4.78, 5) is 11.2. The number of hydrogen-bond donors (Lipinski definition) is 3. The number of nitrogens with one attached hydrogen (secondary N) is 1. The molecule has 2 aromatic rings. The highest BCUT2D eigenvalue weighted by atomic mass is 32.1. The number of thiol groups is 1. The summed E-state index contributed by atoms with van der Waals surface area (Å²) in [7, 11) is 1.91. The largest absolute Gasteiger partial charge is 0.388 e. The van der Waals surface area contributed by atoms with Crippen LogP contribution in [-0.4, -0.2) is 13.1 Å². The van der Waals surface area contributed by atoms with Gasteiger partial charge in [0.1, 0.15) is 0 Å². The van der Waals surface area contributed by atoms with Crippen LogP contribution >= 0.6 is 12.8 Å². The zero-order valence-corrected chi connectivity index (χ0v) is 11.9. The van der Waals surface area contributed by atoms with Gasteiger partial charge in [-0.1, -0.05) is 24.9 Å². The Morgan fingerprint density at radius 2 is 1.85 bits per heavy atom. The van der Waals surface area contributed by atoms with Crippen molar-refractivity contribution >= 4 is 30.2 Å². The van der Waals surface area contributed by atoms with Gasteiger partial charge in [-0.15, -0.1) is 0 Å². The number of urea groups is 1. The third-order valence-electron chi connectivity index (χ3n) is 3.61. The highest BCUT2D eigenvalue weighted by molar-refractivity contribution is 7.82. The van der Waals surface area contributed by atoms with Gasteiger partial charge in [0.05, 0.1) is 5.69 Å². The van der Waals surface area contributed by atoms with E-state index in [1.165, 1.54) is 22.3 Å². The predicted molar refractivity (Wildman–Crippen MR) is 85.3 cm³/mol. The van der Waals surface area contributed by atoms with Crippen LogP contribution in [0.15, 0.2) is 36.4 Å². The zero-order valence-electron chi connectivity index (χ0n) is 11.1. The molecule has 1 aliphatic carbocycles. The van der Waals surface area contributed by atoms with Gasteiger partial charge in [0.15, 0.2) is 0 Å². The van der Waals surface area contributed by atoms with Gasteiger partial charge in [0.25, 0.3) is 0 Å². The number of carbonyl (C=O) groups is 1. The van der Waals surface area contributed by atoms with Crippen LogP contribution in [0, 0.1) is 0 Å². The van der Waals surface area contributed by atoms with E-state index in [9.17, 15) is 4.79 Å². The summed E-state index contributed by atoms with van der Waals surface area (Å²) in [5.41, 5.74) is 12.0. The predicted octanol–water partition coefficient (Wildman–Crippen LogP) is 3.03. The molecule has 0 radical (unpaired) electrons. The molecule has 3 rings (SSSR count). The number of hydrogen-bond acceptors (Lipinski definition) is 3. The van der Waals surface area contributed by atoms with E-state index in [1.54, 1.807) is 0 Å². The number of nitrogens with zero attached hydrogens (tertiary/aromatic N) is 1. The lowest BCUT2D eigenvalue weighted by atomic mass is 10.1. The van der Waals surface area contributed by atoms with Crippen molar-refractivity contribution in [3.05, 3.63) is 47.5 Å². The molecule has 2 aromatic carbocycles. The molecule has 0 spiro atoms. The van der Waals surface area contributed by atoms with Gasteiger partial charge in [0, 0.05) is 12.7 Å². The third kappa shape index (κ3) is 2.00. The summed E-state index contributed by atoms with van der Waals surface area (Å²) < 4.78 is 1.16. The Morgan fingerprint density at radius 1 is 1.20 bits per heavy atom. The number of primary amides is 1. The fourth-order valence-electron chi connectivity index (χ4n) is 2.61. The Balaban J connectivity index is 2.02. The smallest absolute Gasteiger partial charge is 0.329 e. The molecule has 0 heterocycles. The van der Waals surface area contributed by atoms with Gasteiger partial charge >= 0.3 is 6.03 Å². The van der Waals surface area contributed by atoms with Crippen molar-refractivity contribution in [1.29, 1.82) is 0 Å². The van der Waals surface area contributed by atoms with Crippen LogP contribution in [0.5, 0.6) is 0 Å². The molecule has 20 heavy (non-hydrogen) atoms. The first-order valence-corrected chi connectivity index (χ1v) is 6.72. The highest BCUT2D eigenvalue weighted by Crippen LogP contribution is 2.39. The molecule has 0 atom stereocenters. The van der Waals surface area contributed by atoms with E-state index in [-0.39, 0.29) is 0 Å². The number of carbonyl (C=O) groups excluding carboxylic acids is 1. The van der Waals surface area contributed by atoms with E-state index in [2.05, 4.69) is 36.3 Å². The second-order valence-electron chi connectivity index (χ2n) is 4.79. The van der Waals surface area contributed by atoms with E-state index in [1.807, 2.05) is 25.2 Å². The van der Waals surface area contributed by atoms with Crippen molar-refractivity contribution in [2.45, 2.75) is 6.42 Å². The molecule has 4 nitrogen and oxygen atoms in total. The number of anilines is 2. The van der Waals surface area contributed by atoms with Crippen LogP contribution in [0.4, 0.5) is 16.2 Å². The van der Waals surface area contributed by atoms with Gasteiger partial charge in [-0.2, -0.15) is 0 Å². The molecule has 5 heteroatoms. The molecule has 3 N–H and O–H groups in total. The lowest BCUT2D eigenvalue weighted by Crippen LogP contribution is -2.27. The molecule has 1 aliphatic rings. The Hall–Kier alpha value is -2.14. The SMILES string of the molecule is CNc1ccc2c(c1)Cc1cc(N(S)C(N)=O)ccc1-2. The maximum Gasteiger partial charge on any atom is 0.329 e. The van der Waals surface area contributed by atoms with Crippen molar-refractivity contribution in [3.63, 3.8) is 0 Å². The summed E-state index contributed by atoms with van der Waals surface area (Å²) in [5, 5.41) is 3.15. The minimum Gasteiger partial charge on any atom is -0.388 e. The minimum atomic E-state index is -0.582. The normalized spacial score (nSPS) is 11.7. The second-order valence-corrected chi connectivity index (χ2v) is 5.19. The van der Waals surface area contributed by atoms with Crippen LogP contribution < -0.4 is 15.4 Å². The molecular formula is C15H15N3OS. The molecule has 0 saturated heterocycles. The molecule has 102 valence electrons. The average molecular weight is 285 g/mol. The maximum atomic E-state index is 11.2. The number of nitrogens with two attached hydrogens (primary N) is 1. The molecular weight excluding hydrogens is 270 g/mol. The average Bonchev–Trinajstić information content (AvgIpc) is 2.82. The lowest BCUT2D eigenvalue weighted by Gasteiger charge is -2.13. The van der Waals surface area contributed by atoms with Crippen LogP contribution in [0.25, 0.3) is 11.1 Å². The first-order chi connectivity index (χ1) is 9.60. The zero-order chi connectivity index (χ0) is 14.3. The molecule has 0 fully saturated rings. The van der Waals surface area contributed by atoms with Crippen LogP contribution in [0.1, 0.15) is 11.1 Å². The molecule has 0 aliphatic heterocycles. The highest BCUT2D eigenvalue weighted by Gasteiger charge is 2.20. The fourth-order valence-corrected chi connectivity index (χ4v) is 2.74. The number of rotatable bonds is 2. The van der Waals surface area contributed by atoms with Crippen LogP contribution in [0.3, 0.4) is 0 Å². The molecule has 0 aromatic heterocycles. The Morgan fingerprint density at radius 3 is 2.50 bits per heavy atom. The summed E-state index contributed by atoms with van der Waals surface area (Å²) in [6, 6.07) is 11.6. The van der Waals surface area contributed by atoms with Gasteiger partial charge < -0.3 is 11.1 Å². The van der Waals surface area contributed by atoms with E-state index >= 15 is 0 Å².